The van der Waals surface area contributed by atoms with Gasteiger partial charge in [0, 0.05) is 18.2 Å². The molecular formula is C21H22O7S. The highest BCUT2D eigenvalue weighted by atomic mass is 32.2. The molecule has 0 bridgehead atoms. The number of thioether (sulfide) groups is 1. The SMILES string of the molecule is COC(=O)c1c(-c2ccc(OC)cc2C(=O)O)ccc(OC)c1CCSC(C)=O. The van der Waals surface area contributed by atoms with Gasteiger partial charge in [0.2, 0.25) is 0 Å². The van der Waals surface area contributed by atoms with Crippen LogP contribution in [0.3, 0.4) is 0 Å². The summed E-state index contributed by atoms with van der Waals surface area (Å²) in [6.45, 7) is 1.47. The number of hydrogen-bond acceptors (Lipinski definition) is 7. The third kappa shape index (κ3) is 5.08. The number of carbonyl (C=O) groups excluding carboxylic acids is 2. The Morgan fingerprint density at radius 3 is 2.24 bits per heavy atom. The van der Waals surface area contributed by atoms with Gasteiger partial charge in [0.05, 0.1) is 32.5 Å². The van der Waals surface area contributed by atoms with Crippen molar-refractivity contribution in [3.8, 4) is 22.6 Å². The Hall–Kier alpha value is -3.00. The van der Waals surface area contributed by atoms with Crippen molar-refractivity contribution in [2.24, 2.45) is 0 Å². The van der Waals surface area contributed by atoms with Gasteiger partial charge in [-0.3, -0.25) is 4.79 Å². The summed E-state index contributed by atoms with van der Waals surface area (Å²) in [4.78, 5) is 35.8. The Morgan fingerprint density at radius 2 is 1.69 bits per heavy atom. The van der Waals surface area contributed by atoms with Crippen LogP contribution in [0.2, 0.25) is 0 Å². The zero-order valence-electron chi connectivity index (χ0n) is 16.6. The minimum atomic E-state index is -1.15. The van der Waals surface area contributed by atoms with E-state index in [-0.39, 0.29) is 16.2 Å². The van der Waals surface area contributed by atoms with Crippen LogP contribution in [-0.4, -0.2) is 49.2 Å². The van der Waals surface area contributed by atoms with Crippen molar-refractivity contribution in [3.63, 3.8) is 0 Å². The molecule has 2 rings (SSSR count). The number of ether oxygens (including phenoxy) is 3. The number of esters is 1. The van der Waals surface area contributed by atoms with Crippen LogP contribution in [0.1, 0.15) is 33.2 Å². The van der Waals surface area contributed by atoms with Gasteiger partial charge in [-0.1, -0.05) is 11.8 Å². The first kappa shape index (κ1) is 22.3. The molecule has 0 heterocycles. The van der Waals surface area contributed by atoms with Crippen molar-refractivity contribution >= 4 is 28.8 Å². The number of carboxylic acid groups (broad SMARTS) is 1. The van der Waals surface area contributed by atoms with Crippen LogP contribution in [-0.2, 0) is 16.0 Å². The molecule has 29 heavy (non-hydrogen) atoms. The van der Waals surface area contributed by atoms with E-state index in [1.807, 2.05) is 0 Å². The number of benzene rings is 2. The number of carboxylic acids is 1. The highest BCUT2D eigenvalue weighted by molar-refractivity contribution is 8.13. The van der Waals surface area contributed by atoms with E-state index in [2.05, 4.69) is 0 Å². The molecule has 154 valence electrons. The highest BCUT2D eigenvalue weighted by Crippen LogP contribution is 2.36. The standard InChI is InChI=1S/C21H22O7S/c1-12(22)29-10-9-16-18(27-3)8-7-15(19(16)21(25)28-4)14-6-5-13(26-2)11-17(14)20(23)24/h5-8,11H,9-10H2,1-4H3,(H,23,24). The number of hydrogen-bond donors (Lipinski definition) is 1. The molecular weight excluding hydrogens is 396 g/mol. The van der Waals surface area contributed by atoms with Crippen LogP contribution >= 0.6 is 11.8 Å². The first-order valence-electron chi connectivity index (χ1n) is 8.67. The molecule has 1 N–H and O–H groups in total. The molecule has 0 spiro atoms. The largest absolute Gasteiger partial charge is 0.497 e. The number of methoxy groups -OCH3 is 3. The fourth-order valence-electron chi connectivity index (χ4n) is 2.99. The fourth-order valence-corrected chi connectivity index (χ4v) is 3.58. The van der Waals surface area contributed by atoms with E-state index in [0.717, 1.165) is 11.8 Å². The lowest BCUT2D eigenvalue weighted by Gasteiger charge is -2.18. The predicted molar refractivity (Wildman–Crippen MR) is 110 cm³/mol. The Morgan fingerprint density at radius 1 is 1.00 bits per heavy atom. The summed E-state index contributed by atoms with van der Waals surface area (Å²) in [7, 11) is 4.18. The summed E-state index contributed by atoms with van der Waals surface area (Å²) in [5.41, 5.74) is 1.51. The monoisotopic (exact) mass is 418 g/mol. The number of aromatic carboxylic acids is 1. The molecule has 8 heteroatoms. The zero-order valence-corrected chi connectivity index (χ0v) is 17.4. The van der Waals surface area contributed by atoms with E-state index in [0.29, 0.717) is 40.4 Å². The van der Waals surface area contributed by atoms with E-state index in [9.17, 15) is 19.5 Å². The lowest BCUT2D eigenvalue weighted by molar-refractivity contribution is -0.109. The Kier molecular flexibility index (Phi) is 7.67. The minimum Gasteiger partial charge on any atom is -0.497 e. The van der Waals surface area contributed by atoms with Crippen LogP contribution < -0.4 is 9.47 Å². The van der Waals surface area contributed by atoms with Crippen molar-refractivity contribution in [1.82, 2.24) is 0 Å². The van der Waals surface area contributed by atoms with Crippen LogP contribution in [0.25, 0.3) is 11.1 Å². The second-order valence-corrected chi connectivity index (χ2v) is 7.24. The maximum Gasteiger partial charge on any atom is 0.338 e. The quantitative estimate of drug-likeness (QED) is 0.648. The first-order chi connectivity index (χ1) is 13.8. The summed E-state index contributed by atoms with van der Waals surface area (Å²) in [5.74, 6) is -0.484. The van der Waals surface area contributed by atoms with Crippen LogP contribution in [0.4, 0.5) is 0 Å². The third-order valence-corrected chi connectivity index (χ3v) is 5.10. The number of rotatable bonds is 8. The van der Waals surface area contributed by atoms with Crippen molar-refractivity contribution < 1.29 is 33.7 Å². The van der Waals surface area contributed by atoms with Gasteiger partial charge in [-0.25, -0.2) is 9.59 Å². The second-order valence-electron chi connectivity index (χ2n) is 5.97. The lowest BCUT2D eigenvalue weighted by Crippen LogP contribution is -2.12. The molecule has 2 aromatic rings. The maximum atomic E-state index is 12.7. The van der Waals surface area contributed by atoms with Crippen molar-refractivity contribution in [2.75, 3.05) is 27.1 Å². The molecule has 0 saturated heterocycles. The van der Waals surface area contributed by atoms with Crippen LogP contribution in [0.5, 0.6) is 11.5 Å². The van der Waals surface area contributed by atoms with E-state index in [1.165, 1.54) is 34.3 Å². The van der Waals surface area contributed by atoms with Gasteiger partial charge in [-0.2, -0.15) is 0 Å². The van der Waals surface area contributed by atoms with Crippen molar-refractivity contribution in [3.05, 3.63) is 47.0 Å². The van der Waals surface area contributed by atoms with E-state index in [1.54, 1.807) is 24.3 Å². The lowest BCUT2D eigenvalue weighted by atomic mass is 9.90. The first-order valence-corrected chi connectivity index (χ1v) is 9.65. The van der Waals surface area contributed by atoms with E-state index < -0.39 is 11.9 Å². The molecule has 0 unspecified atom stereocenters. The number of carbonyl (C=O) groups is 3. The summed E-state index contributed by atoms with van der Waals surface area (Å²) in [5, 5.41) is 9.63. The third-order valence-electron chi connectivity index (χ3n) is 4.28. The highest BCUT2D eigenvalue weighted by Gasteiger charge is 2.25. The van der Waals surface area contributed by atoms with Crippen LogP contribution in [0.15, 0.2) is 30.3 Å². The molecule has 0 aliphatic rings. The second kappa shape index (κ2) is 9.97. The Balaban J connectivity index is 2.73. The van der Waals surface area contributed by atoms with Crippen molar-refractivity contribution in [1.29, 1.82) is 0 Å². The molecule has 0 aliphatic carbocycles. The van der Waals surface area contributed by atoms with Gasteiger partial charge in [-0.05, 0) is 47.9 Å². The van der Waals surface area contributed by atoms with E-state index in [4.69, 9.17) is 14.2 Å². The molecule has 0 fully saturated rings. The molecule has 0 saturated carbocycles. The summed E-state index contributed by atoms with van der Waals surface area (Å²) >= 11 is 1.13. The summed E-state index contributed by atoms with van der Waals surface area (Å²) in [6, 6.07) is 7.91. The Bertz CT molecular complexity index is 937. The van der Waals surface area contributed by atoms with E-state index >= 15 is 0 Å². The Labute approximate surface area is 173 Å². The molecule has 0 atom stereocenters. The molecule has 0 aromatic heterocycles. The minimum absolute atomic E-state index is 0.0104. The van der Waals surface area contributed by atoms with Crippen LogP contribution in [0, 0.1) is 0 Å². The van der Waals surface area contributed by atoms with Gasteiger partial charge in [0.15, 0.2) is 5.12 Å². The van der Waals surface area contributed by atoms with Crippen molar-refractivity contribution in [2.45, 2.75) is 13.3 Å². The molecule has 0 amide bonds. The van der Waals surface area contributed by atoms with Gasteiger partial charge < -0.3 is 19.3 Å². The smallest absolute Gasteiger partial charge is 0.338 e. The molecule has 2 aromatic carbocycles. The molecule has 0 radical (unpaired) electrons. The summed E-state index contributed by atoms with van der Waals surface area (Å²) < 4.78 is 15.5. The average molecular weight is 418 g/mol. The van der Waals surface area contributed by atoms with Gasteiger partial charge in [0.25, 0.3) is 0 Å². The van der Waals surface area contributed by atoms with Gasteiger partial charge in [0.1, 0.15) is 11.5 Å². The van der Waals surface area contributed by atoms with Gasteiger partial charge in [-0.15, -0.1) is 0 Å². The maximum absolute atomic E-state index is 12.7. The summed E-state index contributed by atoms with van der Waals surface area (Å²) in [6.07, 6.45) is 0.365. The molecule has 7 nitrogen and oxygen atoms in total. The average Bonchev–Trinajstić information content (AvgIpc) is 2.71. The zero-order chi connectivity index (χ0) is 21.6. The fraction of sp³-hybridized carbons (Fsp3) is 0.286. The predicted octanol–water partition coefficient (Wildman–Crippen LogP) is 3.68. The topological polar surface area (TPSA) is 99.1 Å². The van der Waals surface area contributed by atoms with Gasteiger partial charge >= 0.3 is 11.9 Å². The normalized spacial score (nSPS) is 10.3. The molecule has 0 aliphatic heterocycles.